The van der Waals surface area contributed by atoms with E-state index in [1.807, 2.05) is 63.8 Å². The van der Waals surface area contributed by atoms with Crippen LogP contribution >= 0.6 is 11.6 Å². The lowest BCUT2D eigenvalue weighted by Gasteiger charge is -2.13. The Bertz CT molecular complexity index is 1100. The molecule has 0 aliphatic heterocycles. The molecule has 1 aromatic carbocycles. The van der Waals surface area contributed by atoms with Crippen LogP contribution in [0.2, 0.25) is 5.15 Å². The van der Waals surface area contributed by atoms with E-state index in [0.29, 0.717) is 28.7 Å². The quantitative estimate of drug-likeness (QED) is 0.389. The van der Waals surface area contributed by atoms with Crippen molar-refractivity contribution in [2.24, 2.45) is 5.73 Å². The van der Waals surface area contributed by atoms with Gasteiger partial charge >= 0.3 is 0 Å². The molecule has 2 heterocycles. The summed E-state index contributed by atoms with van der Waals surface area (Å²) in [6.07, 6.45) is 3.57. The van der Waals surface area contributed by atoms with Gasteiger partial charge in [-0.3, -0.25) is 9.98 Å². The Balaban J connectivity index is 1.77. The zero-order valence-electron chi connectivity index (χ0n) is 17.9. The van der Waals surface area contributed by atoms with Crippen LogP contribution in [-0.4, -0.2) is 62.0 Å². The molecule has 0 saturated carbocycles. The first kappa shape index (κ1) is 22.5. The van der Waals surface area contributed by atoms with Crippen molar-refractivity contribution < 1.29 is 14.5 Å². The lowest BCUT2D eigenvalue weighted by molar-refractivity contribution is -0.412. The Hall–Kier alpha value is -3.16. The normalized spacial score (nSPS) is 12.4. The van der Waals surface area contributed by atoms with Crippen molar-refractivity contribution in [3.63, 3.8) is 0 Å². The molecule has 2 aromatic heterocycles. The van der Waals surface area contributed by atoms with Gasteiger partial charge in [0, 0.05) is 24.4 Å². The van der Waals surface area contributed by atoms with Crippen molar-refractivity contribution in [2.75, 3.05) is 40.9 Å². The second-order valence-corrected chi connectivity index (χ2v) is 7.57. The van der Waals surface area contributed by atoms with Crippen LogP contribution in [0.4, 0.5) is 0 Å². The number of aromatic nitrogens is 2. The van der Waals surface area contributed by atoms with Gasteiger partial charge in [0.25, 0.3) is 0 Å². The molecule has 7 nitrogen and oxygen atoms in total. The number of nitrogens with zero attached hydrogens (tertiary/aromatic N) is 3. The summed E-state index contributed by atoms with van der Waals surface area (Å²) >= 11 is 6.02. The zero-order chi connectivity index (χ0) is 22.2. The average molecular weight is 441 g/mol. The molecule has 0 atom stereocenters. The third-order valence-corrected chi connectivity index (χ3v) is 4.67. The number of benzene rings is 1. The molecule has 3 aromatic rings. The predicted molar refractivity (Wildman–Crippen MR) is 125 cm³/mol. The van der Waals surface area contributed by atoms with E-state index in [2.05, 4.69) is 19.9 Å². The van der Waals surface area contributed by atoms with Gasteiger partial charge in [0.2, 0.25) is 0 Å². The van der Waals surface area contributed by atoms with Crippen molar-refractivity contribution in [2.45, 2.75) is 0 Å². The van der Waals surface area contributed by atoms with Crippen LogP contribution < -0.4 is 20.2 Å². The SMILES string of the molecule is C[NH+]=CC(=C(N)COc1cccc(OCCN(C)C)c1)c1cnc2ccc(Cl)nc2c1. The summed E-state index contributed by atoms with van der Waals surface area (Å²) in [6, 6.07) is 13.0. The molecular weight excluding hydrogens is 414 g/mol. The van der Waals surface area contributed by atoms with E-state index >= 15 is 0 Å². The fourth-order valence-electron chi connectivity index (χ4n) is 2.87. The van der Waals surface area contributed by atoms with E-state index in [4.69, 9.17) is 26.8 Å². The Labute approximate surface area is 187 Å². The molecule has 162 valence electrons. The van der Waals surface area contributed by atoms with Crippen molar-refractivity contribution in [3.8, 4) is 11.5 Å². The van der Waals surface area contributed by atoms with Gasteiger partial charge in [-0.05, 0) is 44.4 Å². The number of allylic oxidation sites excluding steroid dienone is 1. The third kappa shape index (κ3) is 6.41. The van der Waals surface area contributed by atoms with Crippen LogP contribution in [0.1, 0.15) is 5.56 Å². The highest BCUT2D eigenvalue weighted by Gasteiger charge is 2.11. The highest BCUT2D eigenvalue weighted by molar-refractivity contribution is 6.29. The minimum absolute atomic E-state index is 0.204. The van der Waals surface area contributed by atoms with Gasteiger partial charge < -0.3 is 20.1 Å². The maximum atomic E-state index is 6.38. The first-order chi connectivity index (χ1) is 15.0. The molecule has 0 aliphatic rings. The van der Waals surface area contributed by atoms with Crippen molar-refractivity contribution in [3.05, 3.63) is 65.1 Å². The first-order valence-electron chi connectivity index (χ1n) is 9.88. The standard InChI is InChI=1S/C23H26ClN5O2/c1-26-14-19(16-11-22-21(27-13-16)7-8-23(24)28-22)20(25)15-31-18-6-4-5-17(12-18)30-10-9-29(2)3/h4-8,11-14H,9-10,15,25H2,1-3H3/p+1. The summed E-state index contributed by atoms with van der Waals surface area (Å²) in [5.74, 6) is 1.43. The number of ether oxygens (including phenoxy) is 2. The molecule has 0 amide bonds. The highest BCUT2D eigenvalue weighted by Crippen LogP contribution is 2.22. The lowest BCUT2D eigenvalue weighted by atomic mass is 10.1. The number of hydrogen-bond donors (Lipinski definition) is 2. The molecule has 0 spiro atoms. The maximum absolute atomic E-state index is 6.38. The van der Waals surface area contributed by atoms with E-state index in [0.717, 1.165) is 28.9 Å². The van der Waals surface area contributed by atoms with E-state index in [9.17, 15) is 0 Å². The van der Waals surface area contributed by atoms with E-state index < -0.39 is 0 Å². The summed E-state index contributed by atoms with van der Waals surface area (Å²) in [4.78, 5) is 13.9. The molecule has 0 unspecified atom stereocenters. The lowest BCUT2D eigenvalue weighted by Crippen LogP contribution is -2.63. The number of nitrogens with two attached hydrogens (primary N) is 1. The second kappa shape index (κ2) is 10.7. The number of pyridine rings is 2. The van der Waals surface area contributed by atoms with Gasteiger partial charge in [-0.15, -0.1) is 0 Å². The van der Waals surface area contributed by atoms with E-state index in [-0.39, 0.29) is 6.61 Å². The molecule has 0 radical (unpaired) electrons. The number of likely N-dealkylation sites (N-methyl/N-ethyl adjacent to an activating group) is 1. The minimum atomic E-state index is 0.204. The van der Waals surface area contributed by atoms with Gasteiger partial charge in [0.15, 0.2) is 6.21 Å². The molecule has 3 N–H and O–H groups in total. The Kier molecular flexibility index (Phi) is 7.81. The molecule has 0 saturated heterocycles. The largest absolute Gasteiger partial charge is 0.492 e. The number of nitrogens with one attached hydrogen (secondary N) is 1. The zero-order valence-corrected chi connectivity index (χ0v) is 18.7. The fourth-order valence-corrected chi connectivity index (χ4v) is 3.03. The predicted octanol–water partition coefficient (Wildman–Crippen LogP) is 1.75. The van der Waals surface area contributed by atoms with Crippen LogP contribution in [0.5, 0.6) is 11.5 Å². The molecule has 0 fully saturated rings. The summed E-state index contributed by atoms with van der Waals surface area (Å²) in [5, 5.41) is 0.415. The van der Waals surface area contributed by atoms with E-state index in [1.165, 1.54) is 0 Å². The van der Waals surface area contributed by atoms with Crippen LogP contribution in [0.15, 0.2) is 54.4 Å². The van der Waals surface area contributed by atoms with Gasteiger partial charge in [-0.25, -0.2) is 4.98 Å². The number of halogens is 1. The molecule has 31 heavy (non-hydrogen) atoms. The summed E-state index contributed by atoms with van der Waals surface area (Å²) in [6.45, 7) is 1.65. The van der Waals surface area contributed by atoms with Crippen molar-refractivity contribution >= 4 is 34.4 Å². The van der Waals surface area contributed by atoms with Gasteiger partial charge in [0.05, 0.1) is 22.3 Å². The minimum Gasteiger partial charge on any atom is -0.492 e. The smallest absolute Gasteiger partial charge is 0.171 e. The van der Waals surface area contributed by atoms with Crippen molar-refractivity contribution in [1.82, 2.24) is 14.9 Å². The topological polar surface area (TPSA) is 87.5 Å². The Morgan fingerprint density at radius 3 is 2.65 bits per heavy atom. The maximum Gasteiger partial charge on any atom is 0.171 e. The Morgan fingerprint density at radius 1 is 1.13 bits per heavy atom. The monoisotopic (exact) mass is 440 g/mol. The molecule has 8 heteroatoms. The van der Waals surface area contributed by atoms with Gasteiger partial charge in [-0.2, -0.15) is 0 Å². The average Bonchev–Trinajstić information content (AvgIpc) is 2.75. The Morgan fingerprint density at radius 2 is 1.90 bits per heavy atom. The van der Waals surface area contributed by atoms with Gasteiger partial charge in [-0.1, -0.05) is 17.7 Å². The molecule has 0 aliphatic carbocycles. The summed E-state index contributed by atoms with van der Waals surface area (Å²) in [5.41, 5.74) is 9.99. The van der Waals surface area contributed by atoms with Crippen molar-refractivity contribution in [1.29, 1.82) is 0 Å². The summed E-state index contributed by atoms with van der Waals surface area (Å²) in [7, 11) is 5.83. The first-order valence-corrected chi connectivity index (χ1v) is 10.3. The van der Waals surface area contributed by atoms with Gasteiger partial charge in [0.1, 0.15) is 36.9 Å². The molecule has 0 bridgehead atoms. The van der Waals surface area contributed by atoms with Crippen LogP contribution in [0, 0.1) is 0 Å². The number of fused-ring (bicyclic) bond motifs is 1. The number of hydrogen-bond acceptors (Lipinski definition) is 6. The fraction of sp³-hybridized carbons (Fsp3) is 0.261. The molecular formula is C23H27ClN5O2+. The van der Waals surface area contributed by atoms with E-state index in [1.54, 1.807) is 12.3 Å². The number of rotatable bonds is 9. The third-order valence-electron chi connectivity index (χ3n) is 4.46. The van der Waals surface area contributed by atoms with Crippen LogP contribution in [0.3, 0.4) is 0 Å². The van der Waals surface area contributed by atoms with Crippen LogP contribution in [-0.2, 0) is 0 Å². The van der Waals surface area contributed by atoms with Crippen LogP contribution in [0.25, 0.3) is 16.6 Å². The summed E-state index contributed by atoms with van der Waals surface area (Å²) < 4.78 is 11.7. The molecule has 3 rings (SSSR count). The highest BCUT2D eigenvalue weighted by atomic mass is 35.5. The second-order valence-electron chi connectivity index (χ2n) is 7.18.